The van der Waals surface area contributed by atoms with Crippen molar-refractivity contribution in [2.75, 3.05) is 13.1 Å². The van der Waals surface area contributed by atoms with Crippen molar-refractivity contribution < 1.29 is 24.2 Å². The summed E-state index contributed by atoms with van der Waals surface area (Å²) < 4.78 is 5.35. The zero-order chi connectivity index (χ0) is 19.3. The van der Waals surface area contributed by atoms with E-state index in [0.717, 1.165) is 5.56 Å². The lowest BCUT2D eigenvalue weighted by molar-refractivity contribution is -0.126. The van der Waals surface area contributed by atoms with E-state index >= 15 is 0 Å². The van der Waals surface area contributed by atoms with Gasteiger partial charge < -0.3 is 20.1 Å². The maximum atomic E-state index is 12.3. The van der Waals surface area contributed by atoms with Crippen molar-refractivity contribution in [1.82, 2.24) is 10.2 Å². The van der Waals surface area contributed by atoms with Gasteiger partial charge in [0, 0.05) is 25.6 Å². The summed E-state index contributed by atoms with van der Waals surface area (Å²) in [7, 11) is 0. The number of carboxylic acids is 1. The van der Waals surface area contributed by atoms with E-state index in [-0.39, 0.29) is 30.0 Å². The van der Waals surface area contributed by atoms with Gasteiger partial charge in [-0.25, -0.2) is 9.59 Å². The Morgan fingerprint density at radius 2 is 1.88 bits per heavy atom. The van der Waals surface area contributed by atoms with Crippen LogP contribution in [0.15, 0.2) is 24.3 Å². The number of aromatic carboxylic acids is 1. The van der Waals surface area contributed by atoms with Gasteiger partial charge in [-0.15, -0.1) is 0 Å². The summed E-state index contributed by atoms with van der Waals surface area (Å²) in [4.78, 5) is 37.0. The molecule has 1 saturated heterocycles. The molecule has 26 heavy (non-hydrogen) atoms. The fraction of sp³-hybridized carbons (Fsp3) is 0.526. The van der Waals surface area contributed by atoms with E-state index < -0.39 is 11.6 Å². The molecule has 1 aliphatic heterocycles. The number of nitrogens with zero attached hydrogens (tertiary/aromatic N) is 1. The number of hydrogen-bond acceptors (Lipinski definition) is 4. The Morgan fingerprint density at radius 1 is 1.23 bits per heavy atom. The Kier molecular flexibility index (Phi) is 6.23. The molecule has 1 aliphatic rings. The lowest BCUT2D eigenvalue weighted by Gasteiger charge is -2.32. The molecule has 142 valence electrons. The molecule has 0 spiro atoms. The molecule has 1 aromatic rings. The number of piperidine rings is 1. The Balaban J connectivity index is 1.80. The van der Waals surface area contributed by atoms with E-state index in [1.54, 1.807) is 23.1 Å². The number of rotatable bonds is 4. The van der Waals surface area contributed by atoms with Crippen LogP contribution in [0.3, 0.4) is 0 Å². The summed E-state index contributed by atoms with van der Waals surface area (Å²) in [5, 5.41) is 11.9. The first-order valence-electron chi connectivity index (χ1n) is 8.73. The largest absolute Gasteiger partial charge is 0.478 e. The van der Waals surface area contributed by atoms with Crippen LogP contribution in [0.1, 0.15) is 49.5 Å². The highest BCUT2D eigenvalue weighted by Gasteiger charge is 2.29. The Morgan fingerprint density at radius 3 is 2.46 bits per heavy atom. The third-order valence-corrected chi connectivity index (χ3v) is 4.16. The first-order chi connectivity index (χ1) is 12.2. The van der Waals surface area contributed by atoms with Crippen molar-refractivity contribution in [2.45, 2.75) is 45.8 Å². The van der Waals surface area contributed by atoms with Gasteiger partial charge in [0.15, 0.2) is 0 Å². The number of carboxylic acid groups (broad SMARTS) is 1. The van der Waals surface area contributed by atoms with Crippen molar-refractivity contribution in [3.05, 3.63) is 35.4 Å². The van der Waals surface area contributed by atoms with Crippen molar-refractivity contribution in [3.8, 4) is 0 Å². The minimum absolute atomic E-state index is 0.0745. The van der Waals surface area contributed by atoms with E-state index in [0.29, 0.717) is 25.9 Å². The topological polar surface area (TPSA) is 95.9 Å². The van der Waals surface area contributed by atoms with Crippen LogP contribution >= 0.6 is 0 Å². The summed E-state index contributed by atoms with van der Waals surface area (Å²) in [6, 6.07) is 6.50. The van der Waals surface area contributed by atoms with E-state index in [1.165, 1.54) is 6.07 Å². The zero-order valence-corrected chi connectivity index (χ0v) is 15.4. The maximum absolute atomic E-state index is 12.3. The summed E-state index contributed by atoms with van der Waals surface area (Å²) in [6.07, 6.45) is 0.822. The highest BCUT2D eigenvalue weighted by Crippen LogP contribution is 2.20. The second-order valence-corrected chi connectivity index (χ2v) is 7.46. The lowest BCUT2D eigenvalue weighted by Crippen LogP contribution is -2.44. The van der Waals surface area contributed by atoms with Crippen molar-refractivity contribution in [2.24, 2.45) is 5.92 Å². The summed E-state index contributed by atoms with van der Waals surface area (Å²) in [6.45, 7) is 6.73. The van der Waals surface area contributed by atoms with Crippen molar-refractivity contribution in [1.29, 1.82) is 0 Å². The van der Waals surface area contributed by atoms with E-state index in [1.807, 2.05) is 20.8 Å². The van der Waals surface area contributed by atoms with Gasteiger partial charge in [0.1, 0.15) is 5.60 Å². The predicted molar refractivity (Wildman–Crippen MR) is 95.8 cm³/mol. The maximum Gasteiger partial charge on any atom is 0.410 e. The molecule has 2 rings (SSSR count). The number of carbonyl (C=O) groups is 3. The van der Waals surface area contributed by atoms with Gasteiger partial charge in [0.25, 0.3) is 0 Å². The minimum atomic E-state index is -0.993. The third-order valence-electron chi connectivity index (χ3n) is 4.16. The Bertz CT molecular complexity index is 673. The van der Waals surface area contributed by atoms with Crippen LogP contribution in [0, 0.1) is 5.92 Å². The van der Waals surface area contributed by atoms with Crippen molar-refractivity contribution >= 4 is 18.0 Å². The van der Waals surface area contributed by atoms with Gasteiger partial charge in [-0.05, 0) is 51.3 Å². The molecule has 1 aromatic carbocycles. The van der Waals surface area contributed by atoms with Gasteiger partial charge in [0.05, 0.1) is 5.56 Å². The summed E-state index contributed by atoms with van der Waals surface area (Å²) in [5.41, 5.74) is 0.405. The van der Waals surface area contributed by atoms with E-state index in [9.17, 15) is 14.4 Å². The van der Waals surface area contributed by atoms with Crippen LogP contribution in [0.25, 0.3) is 0 Å². The Labute approximate surface area is 153 Å². The zero-order valence-electron chi connectivity index (χ0n) is 15.4. The number of amides is 2. The summed E-state index contributed by atoms with van der Waals surface area (Å²) >= 11 is 0. The van der Waals surface area contributed by atoms with Gasteiger partial charge in [-0.2, -0.15) is 0 Å². The number of ether oxygens (including phenoxy) is 1. The standard InChI is InChI=1S/C19H26N2O5/c1-19(2,3)26-18(25)21-9-7-14(8-10-21)16(22)20-12-13-5-4-6-15(11-13)17(23)24/h4-6,11,14H,7-10,12H2,1-3H3,(H,20,22)(H,23,24). The molecule has 0 saturated carbocycles. The molecular formula is C19H26N2O5. The van der Waals surface area contributed by atoms with Gasteiger partial charge in [-0.1, -0.05) is 12.1 Å². The molecule has 0 radical (unpaired) electrons. The average molecular weight is 362 g/mol. The lowest BCUT2D eigenvalue weighted by atomic mass is 9.96. The number of benzene rings is 1. The van der Waals surface area contributed by atoms with Crippen molar-refractivity contribution in [3.63, 3.8) is 0 Å². The van der Waals surface area contributed by atoms with Gasteiger partial charge in [-0.3, -0.25) is 4.79 Å². The molecule has 7 nitrogen and oxygen atoms in total. The quantitative estimate of drug-likeness (QED) is 0.858. The molecule has 0 atom stereocenters. The molecule has 0 aromatic heterocycles. The molecule has 0 aliphatic carbocycles. The van der Waals surface area contributed by atoms with E-state index in [2.05, 4.69) is 5.32 Å². The number of likely N-dealkylation sites (tertiary alicyclic amines) is 1. The molecule has 1 fully saturated rings. The number of carbonyl (C=O) groups excluding carboxylic acids is 2. The van der Waals surface area contributed by atoms with Gasteiger partial charge >= 0.3 is 12.1 Å². The summed E-state index contributed by atoms with van der Waals surface area (Å²) in [5.74, 6) is -1.22. The SMILES string of the molecule is CC(C)(C)OC(=O)N1CCC(C(=O)NCc2cccc(C(=O)O)c2)CC1. The molecule has 2 amide bonds. The number of nitrogens with one attached hydrogen (secondary N) is 1. The first-order valence-corrected chi connectivity index (χ1v) is 8.73. The number of hydrogen-bond donors (Lipinski definition) is 2. The fourth-order valence-electron chi connectivity index (χ4n) is 2.80. The van der Waals surface area contributed by atoms with Crippen LogP contribution in [0.2, 0.25) is 0 Å². The normalized spacial score (nSPS) is 15.4. The van der Waals surface area contributed by atoms with Crippen LogP contribution in [0.4, 0.5) is 4.79 Å². The molecule has 2 N–H and O–H groups in total. The monoisotopic (exact) mass is 362 g/mol. The van der Waals surface area contributed by atoms with Crippen LogP contribution in [-0.2, 0) is 16.1 Å². The second kappa shape index (κ2) is 8.21. The van der Waals surface area contributed by atoms with Gasteiger partial charge in [0.2, 0.25) is 5.91 Å². The second-order valence-electron chi connectivity index (χ2n) is 7.46. The molecule has 0 bridgehead atoms. The predicted octanol–water partition coefficient (Wildman–Crippen LogP) is 2.65. The molecule has 7 heteroatoms. The fourth-order valence-corrected chi connectivity index (χ4v) is 2.80. The smallest absolute Gasteiger partial charge is 0.410 e. The van der Waals surface area contributed by atoms with E-state index in [4.69, 9.17) is 9.84 Å². The first kappa shape index (κ1) is 19.8. The van der Waals surface area contributed by atoms with Crippen LogP contribution in [-0.4, -0.2) is 46.7 Å². The molecule has 1 heterocycles. The van der Waals surface area contributed by atoms with Crippen LogP contribution in [0.5, 0.6) is 0 Å². The minimum Gasteiger partial charge on any atom is -0.478 e. The average Bonchev–Trinajstić information content (AvgIpc) is 2.58. The third kappa shape index (κ3) is 5.75. The van der Waals surface area contributed by atoms with Crippen LogP contribution < -0.4 is 5.32 Å². The highest BCUT2D eigenvalue weighted by molar-refractivity contribution is 5.87. The molecular weight excluding hydrogens is 336 g/mol. The molecule has 0 unspecified atom stereocenters. The highest BCUT2D eigenvalue weighted by atomic mass is 16.6. The Hall–Kier alpha value is -2.57.